The Kier molecular flexibility index (Phi) is 7.99. The van der Waals surface area contributed by atoms with Crippen LogP contribution in [0.1, 0.15) is 52.7 Å². The molecule has 24 heavy (non-hydrogen) atoms. The first-order valence-electron chi connectivity index (χ1n) is 8.22. The fraction of sp³-hybridized carbons (Fsp3) is 0.474. The van der Waals surface area contributed by atoms with Crippen LogP contribution in [0.4, 0.5) is 0 Å². The van der Waals surface area contributed by atoms with Crippen LogP contribution in [0.3, 0.4) is 0 Å². The fourth-order valence-corrected chi connectivity index (χ4v) is 9.33. The van der Waals surface area contributed by atoms with E-state index in [-0.39, 0.29) is 0 Å². The summed E-state index contributed by atoms with van der Waals surface area (Å²) in [6.07, 6.45) is 0. The van der Waals surface area contributed by atoms with E-state index in [0.29, 0.717) is 16.6 Å². The lowest BCUT2D eigenvalue weighted by Gasteiger charge is -2.38. The van der Waals surface area contributed by atoms with Gasteiger partial charge in [-0.15, -0.1) is 38.8 Å². The molecule has 0 fully saturated rings. The Labute approximate surface area is 163 Å². The Morgan fingerprint density at radius 1 is 0.667 bits per heavy atom. The molecule has 0 aromatic heterocycles. The summed E-state index contributed by atoms with van der Waals surface area (Å²) in [6.45, 7) is 13.9. The molecule has 0 saturated heterocycles. The average Bonchev–Trinajstić information content (AvgIpc) is 2.45. The molecule has 1 aromatic carbocycles. The second kappa shape index (κ2) is 8.84. The lowest BCUT2D eigenvalue weighted by Crippen LogP contribution is -2.43. The molecule has 1 aromatic rings. The van der Waals surface area contributed by atoms with E-state index in [2.05, 4.69) is 64.5 Å². The molecule has 0 spiro atoms. The van der Waals surface area contributed by atoms with E-state index in [1.807, 2.05) is 24.3 Å². The largest absolute Gasteiger partial charge is 0.422 e. The highest BCUT2D eigenvalue weighted by molar-refractivity contribution is 7.67. The molecular formula is C19H25Cl3Si2. The highest BCUT2D eigenvalue weighted by Gasteiger charge is 2.41. The van der Waals surface area contributed by atoms with Gasteiger partial charge in [0.25, 0.3) is 0 Å². The second-order valence-electron chi connectivity index (χ2n) is 6.97. The summed E-state index contributed by atoms with van der Waals surface area (Å²) < 4.78 is 0. The zero-order valence-corrected chi connectivity index (χ0v) is 19.4. The predicted octanol–water partition coefficient (Wildman–Crippen LogP) is 6.80. The number of halogens is 3. The van der Waals surface area contributed by atoms with Crippen molar-refractivity contribution < 1.29 is 0 Å². The van der Waals surface area contributed by atoms with Crippen LogP contribution >= 0.6 is 33.2 Å². The highest BCUT2D eigenvalue weighted by atomic mass is 35.8. The lowest BCUT2D eigenvalue weighted by molar-refractivity contribution is 0.838. The minimum absolute atomic E-state index is 0.629. The first-order valence-corrected chi connectivity index (χ1v) is 15.5. The van der Waals surface area contributed by atoms with Crippen LogP contribution in [0.25, 0.3) is 0 Å². The van der Waals surface area contributed by atoms with Gasteiger partial charge >= 0.3 is 6.00 Å². The molecule has 0 aliphatic heterocycles. The van der Waals surface area contributed by atoms with Gasteiger partial charge < -0.3 is 0 Å². The van der Waals surface area contributed by atoms with Crippen LogP contribution < -0.4 is 0 Å². The zero-order chi connectivity index (χ0) is 18.5. The number of benzene rings is 1. The van der Waals surface area contributed by atoms with Crippen molar-refractivity contribution in [3.05, 3.63) is 35.4 Å². The maximum atomic E-state index is 5.78. The fourth-order valence-electron chi connectivity index (χ4n) is 3.39. The maximum Gasteiger partial charge on any atom is 0.422 e. The number of rotatable bonds is 3. The Morgan fingerprint density at radius 3 is 1.29 bits per heavy atom. The van der Waals surface area contributed by atoms with Crippen molar-refractivity contribution in [1.29, 1.82) is 0 Å². The van der Waals surface area contributed by atoms with Crippen molar-refractivity contribution in [1.82, 2.24) is 0 Å². The van der Waals surface area contributed by atoms with Gasteiger partial charge in [-0.3, -0.25) is 0 Å². The molecule has 0 N–H and O–H groups in total. The van der Waals surface area contributed by atoms with Crippen molar-refractivity contribution in [2.75, 3.05) is 0 Å². The number of hydrogen-bond acceptors (Lipinski definition) is 0. The molecule has 1 rings (SSSR count). The van der Waals surface area contributed by atoms with Crippen molar-refractivity contribution in [3.8, 4) is 22.9 Å². The van der Waals surface area contributed by atoms with E-state index < -0.39 is 14.1 Å². The SMILES string of the molecule is CC(C)[Si](C#Cc1ccc(C#C[Si](Cl)(Cl)Cl)cc1)(C(C)C)C(C)C. The van der Waals surface area contributed by atoms with Crippen molar-refractivity contribution in [3.63, 3.8) is 0 Å². The smallest absolute Gasteiger partial charge is 0.125 e. The third kappa shape index (κ3) is 5.87. The molecule has 0 bridgehead atoms. The third-order valence-electron chi connectivity index (χ3n) is 4.52. The average molecular weight is 416 g/mol. The molecule has 0 aliphatic carbocycles. The Hall–Kier alpha value is -0.356. The molecule has 0 heterocycles. The minimum Gasteiger partial charge on any atom is -0.125 e. The molecule has 0 unspecified atom stereocenters. The van der Waals surface area contributed by atoms with Crippen molar-refractivity contribution in [2.24, 2.45) is 0 Å². The van der Waals surface area contributed by atoms with Gasteiger partial charge in [-0.2, -0.15) is 0 Å². The summed E-state index contributed by atoms with van der Waals surface area (Å²) in [5.41, 5.74) is 10.2. The molecule has 0 radical (unpaired) electrons. The zero-order valence-electron chi connectivity index (χ0n) is 15.2. The van der Waals surface area contributed by atoms with Crippen LogP contribution in [0, 0.1) is 22.9 Å². The lowest BCUT2D eigenvalue weighted by atomic mass is 10.1. The molecule has 130 valence electrons. The van der Waals surface area contributed by atoms with Gasteiger partial charge in [0.2, 0.25) is 0 Å². The first kappa shape index (κ1) is 21.7. The highest BCUT2D eigenvalue weighted by Crippen LogP contribution is 2.40. The second-order valence-corrected chi connectivity index (χ2v) is 20.6. The summed E-state index contributed by atoms with van der Waals surface area (Å²) in [5.74, 6) is 6.34. The van der Waals surface area contributed by atoms with Crippen LogP contribution in [-0.4, -0.2) is 14.1 Å². The third-order valence-corrected chi connectivity index (χ3v) is 12.1. The molecule has 0 nitrogen and oxygen atoms in total. The maximum absolute atomic E-state index is 5.78. The number of hydrogen-bond donors (Lipinski definition) is 0. The normalized spacial score (nSPS) is 12.0. The summed E-state index contributed by atoms with van der Waals surface area (Å²) in [4.78, 5) is 0. The van der Waals surface area contributed by atoms with E-state index in [9.17, 15) is 0 Å². The molecule has 0 atom stereocenters. The first-order chi connectivity index (χ1) is 11.0. The Morgan fingerprint density at radius 2 is 1.00 bits per heavy atom. The van der Waals surface area contributed by atoms with E-state index in [1.54, 1.807) is 0 Å². The van der Waals surface area contributed by atoms with E-state index in [1.165, 1.54) is 0 Å². The van der Waals surface area contributed by atoms with Gasteiger partial charge in [-0.25, -0.2) is 0 Å². The monoisotopic (exact) mass is 414 g/mol. The molecule has 0 aliphatic rings. The van der Waals surface area contributed by atoms with Gasteiger partial charge in [-0.05, 0) is 40.9 Å². The van der Waals surface area contributed by atoms with Crippen molar-refractivity contribution >= 4 is 47.3 Å². The van der Waals surface area contributed by atoms with E-state index in [0.717, 1.165) is 11.1 Å². The Balaban J connectivity index is 3.13. The van der Waals surface area contributed by atoms with Crippen LogP contribution in [0.15, 0.2) is 24.3 Å². The van der Waals surface area contributed by atoms with Gasteiger partial charge in [0.05, 0.1) is 0 Å². The molecule has 0 amide bonds. The summed E-state index contributed by atoms with van der Waals surface area (Å²) in [7, 11) is -1.70. The molecular weight excluding hydrogens is 391 g/mol. The summed E-state index contributed by atoms with van der Waals surface area (Å²) >= 11 is 17.3. The summed E-state index contributed by atoms with van der Waals surface area (Å²) in [6, 6.07) is 4.97. The van der Waals surface area contributed by atoms with Crippen LogP contribution in [0.5, 0.6) is 0 Å². The van der Waals surface area contributed by atoms with Gasteiger partial charge in [0, 0.05) is 11.1 Å². The standard InChI is InChI=1S/C19H25Cl3Si2/c1-15(2)23(16(3)4,17(5)6)13-11-18-7-9-19(10-8-18)12-14-24(20,21)22/h7-10,15-17H,1-6H3. The molecule has 5 heteroatoms. The van der Waals surface area contributed by atoms with Gasteiger partial charge in [0.1, 0.15) is 8.07 Å². The van der Waals surface area contributed by atoms with Crippen LogP contribution in [-0.2, 0) is 0 Å². The van der Waals surface area contributed by atoms with Crippen molar-refractivity contribution in [2.45, 2.75) is 58.2 Å². The topological polar surface area (TPSA) is 0 Å². The Bertz CT molecular complexity index is 641. The van der Waals surface area contributed by atoms with Gasteiger partial charge in [0.15, 0.2) is 0 Å². The van der Waals surface area contributed by atoms with E-state index >= 15 is 0 Å². The van der Waals surface area contributed by atoms with E-state index in [4.69, 9.17) is 33.2 Å². The minimum atomic E-state index is -2.90. The van der Waals surface area contributed by atoms with Crippen LogP contribution in [0.2, 0.25) is 16.6 Å². The quantitative estimate of drug-likeness (QED) is 0.289. The molecule has 0 saturated carbocycles. The predicted molar refractivity (Wildman–Crippen MR) is 115 cm³/mol. The summed E-state index contributed by atoms with van der Waals surface area (Å²) in [5, 5.41) is 0. The van der Waals surface area contributed by atoms with Gasteiger partial charge in [-0.1, -0.05) is 58.9 Å².